The third kappa shape index (κ3) is 3.71. The Balaban J connectivity index is 2.74. The highest BCUT2D eigenvalue weighted by Crippen LogP contribution is 2.12. The van der Waals surface area contributed by atoms with Crippen molar-refractivity contribution in [3.8, 4) is 0 Å². The first-order valence-corrected chi connectivity index (χ1v) is 7.61. The number of hydrogen-bond acceptors (Lipinski definition) is 4. The van der Waals surface area contributed by atoms with Crippen LogP contribution in [0, 0.1) is 4.77 Å². The molecule has 0 spiro atoms. The Hall–Kier alpha value is -0.690. The molecule has 92 valence electrons. The van der Waals surface area contributed by atoms with Crippen LogP contribution in [0.1, 0.15) is 32.0 Å². The molecule has 16 heavy (non-hydrogen) atoms. The quantitative estimate of drug-likeness (QED) is 0.817. The summed E-state index contributed by atoms with van der Waals surface area (Å²) in [7, 11) is -2.90. The lowest BCUT2D eigenvalue weighted by atomic mass is 10.2. The maximum absolute atomic E-state index is 11.0. The molecule has 0 saturated heterocycles. The predicted octanol–water partition coefficient (Wildman–Crippen LogP) is 1.50. The molecule has 1 rings (SSSR count). The van der Waals surface area contributed by atoms with Crippen molar-refractivity contribution in [2.45, 2.75) is 32.7 Å². The molecule has 1 heterocycles. The zero-order valence-corrected chi connectivity index (χ0v) is 11.4. The van der Waals surface area contributed by atoms with Crippen LogP contribution in [0.15, 0.2) is 0 Å². The lowest BCUT2D eigenvalue weighted by Crippen LogP contribution is -2.10. The fourth-order valence-corrected chi connectivity index (χ4v) is 2.36. The topological polar surface area (TPSA) is 67.8 Å². The lowest BCUT2D eigenvalue weighted by molar-refractivity contribution is 0.579. The van der Waals surface area contributed by atoms with Crippen molar-refractivity contribution in [2.75, 3.05) is 12.0 Å². The number of rotatable bonds is 5. The molecule has 0 aliphatic heterocycles. The van der Waals surface area contributed by atoms with Crippen LogP contribution in [0.25, 0.3) is 0 Å². The number of aromatic amines is 1. The minimum absolute atomic E-state index is 0.178. The second-order valence-electron chi connectivity index (χ2n) is 4.18. The van der Waals surface area contributed by atoms with Crippen LogP contribution in [0.5, 0.6) is 0 Å². The zero-order valence-electron chi connectivity index (χ0n) is 9.73. The number of aromatic nitrogens is 3. The predicted molar refractivity (Wildman–Crippen MR) is 65.8 cm³/mol. The van der Waals surface area contributed by atoms with E-state index in [1.807, 2.05) is 18.4 Å². The highest BCUT2D eigenvalue weighted by Gasteiger charge is 2.10. The van der Waals surface area contributed by atoms with Gasteiger partial charge in [-0.15, -0.1) is 0 Å². The van der Waals surface area contributed by atoms with E-state index in [4.69, 9.17) is 12.2 Å². The molecule has 7 heteroatoms. The smallest absolute Gasteiger partial charge is 0.195 e. The second-order valence-corrected chi connectivity index (χ2v) is 6.82. The largest absolute Gasteiger partial charge is 0.304 e. The van der Waals surface area contributed by atoms with Crippen LogP contribution in [-0.4, -0.2) is 35.2 Å². The molecule has 0 unspecified atom stereocenters. The van der Waals surface area contributed by atoms with Gasteiger partial charge in [0, 0.05) is 18.7 Å². The first kappa shape index (κ1) is 13.4. The van der Waals surface area contributed by atoms with E-state index < -0.39 is 9.84 Å². The van der Waals surface area contributed by atoms with Crippen LogP contribution < -0.4 is 0 Å². The van der Waals surface area contributed by atoms with Gasteiger partial charge in [0.05, 0.1) is 5.75 Å². The number of nitrogens with one attached hydrogen (secondary N) is 1. The maximum atomic E-state index is 11.0. The Kier molecular flexibility index (Phi) is 4.26. The van der Waals surface area contributed by atoms with Crippen molar-refractivity contribution in [2.24, 2.45) is 0 Å². The Morgan fingerprint density at radius 1 is 1.50 bits per heavy atom. The van der Waals surface area contributed by atoms with Gasteiger partial charge >= 0.3 is 0 Å². The van der Waals surface area contributed by atoms with Crippen molar-refractivity contribution in [1.29, 1.82) is 0 Å². The normalized spacial score (nSPS) is 12.2. The summed E-state index contributed by atoms with van der Waals surface area (Å²) in [5, 5.41) is 6.86. The number of nitrogens with zero attached hydrogens (tertiary/aromatic N) is 2. The van der Waals surface area contributed by atoms with Crippen molar-refractivity contribution in [1.82, 2.24) is 14.8 Å². The Morgan fingerprint density at radius 2 is 2.12 bits per heavy atom. The van der Waals surface area contributed by atoms with Crippen molar-refractivity contribution in [3.63, 3.8) is 0 Å². The van der Waals surface area contributed by atoms with Gasteiger partial charge in [0.2, 0.25) is 0 Å². The fraction of sp³-hybridized carbons (Fsp3) is 0.778. The minimum atomic E-state index is -2.90. The highest BCUT2D eigenvalue weighted by molar-refractivity contribution is 7.90. The summed E-state index contributed by atoms with van der Waals surface area (Å²) in [5.74, 6) is 1.32. The number of hydrogen-bond donors (Lipinski definition) is 1. The fourth-order valence-electron chi connectivity index (χ4n) is 1.47. The molecule has 5 nitrogen and oxygen atoms in total. The first-order chi connectivity index (χ1) is 7.31. The van der Waals surface area contributed by atoms with Gasteiger partial charge in [-0.25, -0.2) is 8.42 Å². The molecule has 1 aromatic rings. The molecule has 0 aliphatic rings. The number of H-pyrrole nitrogens is 1. The standard InChI is InChI=1S/C9H17N3O2S2/c1-7(2)8-10-11-9(15)12(8)5-4-6-16(3,13)14/h7H,4-6H2,1-3H3,(H,11,15). The number of sulfone groups is 1. The third-order valence-corrected chi connectivity index (χ3v) is 3.54. The van der Waals surface area contributed by atoms with Crippen molar-refractivity contribution < 1.29 is 8.42 Å². The average Bonchev–Trinajstić information content (AvgIpc) is 2.46. The van der Waals surface area contributed by atoms with Gasteiger partial charge in [-0.05, 0) is 18.6 Å². The average molecular weight is 263 g/mol. The van der Waals surface area contributed by atoms with E-state index in [0.717, 1.165) is 5.82 Å². The van der Waals surface area contributed by atoms with E-state index in [2.05, 4.69) is 10.2 Å². The van der Waals surface area contributed by atoms with E-state index in [0.29, 0.717) is 17.7 Å². The lowest BCUT2D eigenvalue weighted by Gasteiger charge is -2.08. The first-order valence-electron chi connectivity index (χ1n) is 5.14. The summed E-state index contributed by atoms with van der Waals surface area (Å²) in [6.45, 7) is 4.64. The molecule has 1 N–H and O–H groups in total. The highest BCUT2D eigenvalue weighted by atomic mass is 32.2. The molecule has 0 radical (unpaired) electrons. The molecule has 0 saturated carbocycles. The van der Waals surface area contributed by atoms with Crippen LogP contribution in [-0.2, 0) is 16.4 Å². The molecule has 0 aliphatic carbocycles. The molecule has 1 aromatic heterocycles. The summed E-state index contributed by atoms with van der Waals surface area (Å²) in [6.07, 6.45) is 1.80. The monoisotopic (exact) mass is 263 g/mol. The SMILES string of the molecule is CC(C)c1n[nH]c(=S)n1CCCS(C)(=O)=O. The van der Waals surface area contributed by atoms with Crippen LogP contribution in [0.3, 0.4) is 0 Å². The van der Waals surface area contributed by atoms with E-state index in [-0.39, 0.29) is 11.7 Å². The van der Waals surface area contributed by atoms with Gasteiger partial charge in [-0.3, -0.25) is 5.10 Å². The van der Waals surface area contributed by atoms with Crippen LogP contribution in [0.2, 0.25) is 0 Å². The second kappa shape index (κ2) is 5.09. The van der Waals surface area contributed by atoms with Gasteiger partial charge in [0.1, 0.15) is 15.7 Å². The summed E-state index contributed by atoms with van der Waals surface area (Å²) < 4.78 is 24.4. The van der Waals surface area contributed by atoms with Gasteiger partial charge in [0.25, 0.3) is 0 Å². The van der Waals surface area contributed by atoms with Gasteiger partial charge < -0.3 is 4.57 Å². The Bertz CT molecular complexity index is 499. The van der Waals surface area contributed by atoms with E-state index >= 15 is 0 Å². The molecular weight excluding hydrogens is 246 g/mol. The zero-order chi connectivity index (χ0) is 12.3. The molecule has 0 aromatic carbocycles. The summed E-state index contributed by atoms with van der Waals surface area (Å²) in [4.78, 5) is 0. The third-order valence-electron chi connectivity index (χ3n) is 2.20. The molecule has 0 amide bonds. The molecule has 0 atom stereocenters. The maximum Gasteiger partial charge on any atom is 0.195 e. The summed E-state index contributed by atoms with van der Waals surface area (Å²) >= 11 is 5.09. The molecule has 0 bridgehead atoms. The summed E-state index contributed by atoms with van der Waals surface area (Å²) in [5.41, 5.74) is 0. The van der Waals surface area contributed by atoms with Crippen molar-refractivity contribution in [3.05, 3.63) is 10.6 Å². The molecular formula is C9H17N3O2S2. The van der Waals surface area contributed by atoms with Crippen LogP contribution >= 0.6 is 12.2 Å². The van der Waals surface area contributed by atoms with Gasteiger partial charge in [-0.2, -0.15) is 5.10 Å². The van der Waals surface area contributed by atoms with Crippen molar-refractivity contribution >= 4 is 22.1 Å². The van der Waals surface area contributed by atoms with Crippen LogP contribution in [0.4, 0.5) is 0 Å². The van der Waals surface area contributed by atoms with E-state index in [9.17, 15) is 8.42 Å². The molecule has 0 fully saturated rings. The summed E-state index contributed by atoms with van der Waals surface area (Å²) in [6, 6.07) is 0. The van der Waals surface area contributed by atoms with Gasteiger partial charge in [0.15, 0.2) is 4.77 Å². The Labute approximate surface area is 101 Å². The Morgan fingerprint density at radius 3 is 2.62 bits per heavy atom. The van der Waals surface area contributed by atoms with E-state index in [1.54, 1.807) is 0 Å². The minimum Gasteiger partial charge on any atom is -0.304 e. The van der Waals surface area contributed by atoms with Gasteiger partial charge in [-0.1, -0.05) is 13.8 Å². The van der Waals surface area contributed by atoms with E-state index in [1.165, 1.54) is 6.26 Å².